The largest absolute Gasteiger partial charge is 0.507 e. The number of carbonyl (C=O) groups is 2. The van der Waals surface area contributed by atoms with Gasteiger partial charge >= 0.3 is 0 Å². The number of likely N-dealkylation sites (tertiary alicyclic amines) is 1. The second-order valence-corrected chi connectivity index (χ2v) is 7.87. The molecular formula is C25H30N2O6. The van der Waals surface area contributed by atoms with Crippen LogP contribution in [0.3, 0.4) is 0 Å². The minimum atomic E-state index is -0.777. The number of rotatable bonds is 9. The smallest absolute Gasteiger partial charge is 0.295 e. The Morgan fingerprint density at radius 2 is 1.82 bits per heavy atom. The van der Waals surface area contributed by atoms with E-state index in [1.54, 1.807) is 30.3 Å². The predicted molar refractivity (Wildman–Crippen MR) is 125 cm³/mol. The van der Waals surface area contributed by atoms with E-state index in [1.807, 2.05) is 38.1 Å². The van der Waals surface area contributed by atoms with E-state index in [4.69, 9.17) is 14.2 Å². The normalized spacial score (nSPS) is 17.5. The van der Waals surface area contributed by atoms with Crippen molar-refractivity contribution in [2.75, 3.05) is 48.0 Å². The Labute approximate surface area is 194 Å². The zero-order valence-corrected chi connectivity index (χ0v) is 19.6. The number of hydrogen-bond acceptors (Lipinski definition) is 7. The lowest BCUT2D eigenvalue weighted by Crippen LogP contribution is -2.35. The second kappa shape index (κ2) is 10.4. The highest BCUT2D eigenvalue weighted by atomic mass is 16.5. The molecule has 176 valence electrons. The van der Waals surface area contributed by atoms with Crippen molar-refractivity contribution in [1.82, 2.24) is 9.80 Å². The van der Waals surface area contributed by atoms with E-state index >= 15 is 0 Å². The monoisotopic (exact) mass is 454 g/mol. The van der Waals surface area contributed by atoms with Crippen LogP contribution in [0.2, 0.25) is 0 Å². The first-order valence-corrected chi connectivity index (χ1v) is 10.7. The lowest BCUT2D eigenvalue weighted by molar-refractivity contribution is -0.140. The van der Waals surface area contributed by atoms with Crippen molar-refractivity contribution in [3.63, 3.8) is 0 Å². The van der Waals surface area contributed by atoms with Crippen LogP contribution in [0.25, 0.3) is 5.76 Å². The average Bonchev–Trinajstić information content (AvgIpc) is 3.07. The summed E-state index contributed by atoms with van der Waals surface area (Å²) >= 11 is 0. The summed E-state index contributed by atoms with van der Waals surface area (Å²) in [5.41, 5.74) is 0.940. The number of amides is 1. The molecule has 1 fully saturated rings. The Kier molecular flexibility index (Phi) is 7.60. The lowest BCUT2D eigenvalue weighted by atomic mass is 9.94. The molecule has 1 unspecified atom stereocenters. The van der Waals surface area contributed by atoms with Crippen LogP contribution in [-0.4, -0.2) is 74.6 Å². The van der Waals surface area contributed by atoms with Crippen molar-refractivity contribution < 1.29 is 28.9 Å². The zero-order chi connectivity index (χ0) is 24.1. The first kappa shape index (κ1) is 24.1. The molecule has 1 aliphatic heterocycles. The number of ketones is 1. The number of methoxy groups -OCH3 is 2. The molecule has 0 aliphatic carbocycles. The van der Waals surface area contributed by atoms with Gasteiger partial charge in [0.25, 0.3) is 11.7 Å². The van der Waals surface area contributed by atoms with Crippen LogP contribution >= 0.6 is 0 Å². The van der Waals surface area contributed by atoms with Gasteiger partial charge in [-0.05, 0) is 56.9 Å². The van der Waals surface area contributed by atoms with Crippen LogP contribution in [0, 0.1) is 0 Å². The lowest BCUT2D eigenvalue weighted by Gasteiger charge is -2.27. The molecule has 33 heavy (non-hydrogen) atoms. The fourth-order valence-corrected chi connectivity index (χ4v) is 3.85. The summed E-state index contributed by atoms with van der Waals surface area (Å²) in [4.78, 5) is 29.7. The van der Waals surface area contributed by atoms with Gasteiger partial charge in [-0.25, -0.2) is 0 Å². The van der Waals surface area contributed by atoms with Crippen LogP contribution in [0.1, 0.15) is 24.1 Å². The highest BCUT2D eigenvalue weighted by Crippen LogP contribution is 2.42. The number of benzene rings is 2. The molecule has 1 N–H and O–H groups in total. The van der Waals surface area contributed by atoms with E-state index < -0.39 is 17.7 Å². The van der Waals surface area contributed by atoms with Crippen molar-refractivity contribution in [2.24, 2.45) is 0 Å². The molecular weight excluding hydrogens is 424 g/mol. The summed E-state index contributed by atoms with van der Waals surface area (Å²) in [6.07, 6.45) is 0. The summed E-state index contributed by atoms with van der Waals surface area (Å²) in [6.45, 7) is 3.22. The van der Waals surface area contributed by atoms with Crippen molar-refractivity contribution in [3.05, 3.63) is 59.2 Å². The summed E-state index contributed by atoms with van der Waals surface area (Å²) in [5.74, 6) is -0.269. The van der Waals surface area contributed by atoms with Crippen LogP contribution in [0.15, 0.2) is 48.0 Å². The third kappa shape index (κ3) is 4.96. The van der Waals surface area contributed by atoms with E-state index in [9.17, 15) is 14.7 Å². The van der Waals surface area contributed by atoms with Crippen LogP contribution in [-0.2, 0) is 9.59 Å². The molecule has 3 rings (SSSR count). The zero-order valence-electron chi connectivity index (χ0n) is 19.6. The fourth-order valence-electron chi connectivity index (χ4n) is 3.85. The summed E-state index contributed by atoms with van der Waals surface area (Å²) < 4.78 is 16.3. The number of carbonyl (C=O) groups excluding carboxylic acids is 2. The van der Waals surface area contributed by atoms with E-state index in [2.05, 4.69) is 0 Å². The van der Waals surface area contributed by atoms with Gasteiger partial charge in [-0.3, -0.25) is 9.59 Å². The number of ether oxygens (including phenoxy) is 3. The molecule has 1 heterocycles. The quantitative estimate of drug-likeness (QED) is 0.354. The maximum Gasteiger partial charge on any atom is 0.295 e. The van der Waals surface area contributed by atoms with Gasteiger partial charge in [0, 0.05) is 13.1 Å². The highest BCUT2D eigenvalue weighted by molar-refractivity contribution is 6.46. The van der Waals surface area contributed by atoms with Gasteiger partial charge in [0.05, 0.1) is 38.0 Å². The summed E-state index contributed by atoms with van der Waals surface area (Å²) in [5, 5.41) is 11.3. The molecule has 0 bridgehead atoms. The van der Waals surface area contributed by atoms with Crippen molar-refractivity contribution in [3.8, 4) is 17.2 Å². The van der Waals surface area contributed by atoms with Gasteiger partial charge in [-0.15, -0.1) is 0 Å². The van der Waals surface area contributed by atoms with Gasteiger partial charge in [0.2, 0.25) is 0 Å². The molecule has 2 aromatic carbocycles. The van der Waals surface area contributed by atoms with E-state index in [1.165, 1.54) is 19.1 Å². The number of likely N-dealkylation sites (N-methyl/N-ethyl adjacent to an activating group) is 1. The summed E-state index contributed by atoms with van der Waals surface area (Å²) in [7, 11) is 6.76. The standard InChI is InChI=1S/C25H30N2O6/c1-6-33-18-9-7-8-16(14-18)22-21(24(29)25(30)27(22)13-12-26(2)3)23(28)19-15-17(31-4)10-11-20(19)32-5/h7-11,14-15,22,28H,6,12-13H2,1-5H3/b23-21+. The van der Waals surface area contributed by atoms with Gasteiger partial charge in [-0.1, -0.05) is 12.1 Å². The Bertz CT molecular complexity index is 1060. The van der Waals surface area contributed by atoms with Crippen LogP contribution in [0.5, 0.6) is 17.2 Å². The maximum atomic E-state index is 13.2. The number of aliphatic hydroxyl groups excluding tert-OH is 1. The Hall–Kier alpha value is -3.52. The van der Waals surface area contributed by atoms with Crippen LogP contribution in [0.4, 0.5) is 0 Å². The molecule has 1 atom stereocenters. The van der Waals surface area contributed by atoms with E-state index in [-0.39, 0.29) is 16.9 Å². The highest BCUT2D eigenvalue weighted by Gasteiger charge is 2.46. The fraction of sp³-hybridized carbons (Fsp3) is 0.360. The Morgan fingerprint density at radius 3 is 2.45 bits per heavy atom. The third-order valence-electron chi connectivity index (χ3n) is 5.47. The topological polar surface area (TPSA) is 88.5 Å². The van der Waals surface area contributed by atoms with Gasteiger partial charge in [0.1, 0.15) is 23.0 Å². The molecule has 8 heteroatoms. The molecule has 1 aliphatic rings. The number of Topliss-reactive ketones (excluding diaryl/α,β-unsaturated/α-hetero) is 1. The van der Waals surface area contributed by atoms with Crippen molar-refractivity contribution in [2.45, 2.75) is 13.0 Å². The molecule has 2 aromatic rings. The van der Waals surface area contributed by atoms with E-state index in [0.717, 1.165) is 0 Å². The number of aliphatic hydroxyl groups is 1. The van der Waals surface area contributed by atoms with Crippen molar-refractivity contribution >= 4 is 17.4 Å². The number of hydrogen-bond donors (Lipinski definition) is 1. The predicted octanol–water partition coefficient (Wildman–Crippen LogP) is 3.09. The second-order valence-electron chi connectivity index (χ2n) is 7.87. The Balaban J connectivity index is 2.22. The Morgan fingerprint density at radius 1 is 1.06 bits per heavy atom. The molecule has 0 radical (unpaired) electrons. The van der Waals surface area contributed by atoms with Gasteiger partial charge in [0.15, 0.2) is 0 Å². The minimum Gasteiger partial charge on any atom is -0.507 e. The molecule has 8 nitrogen and oxygen atoms in total. The first-order valence-electron chi connectivity index (χ1n) is 10.7. The van der Waals surface area contributed by atoms with Gasteiger partial charge < -0.3 is 29.1 Å². The maximum absolute atomic E-state index is 13.2. The number of nitrogens with zero attached hydrogens (tertiary/aromatic N) is 2. The van der Waals surface area contributed by atoms with Crippen LogP contribution < -0.4 is 14.2 Å². The van der Waals surface area contributed by atoms with E-state index in [0.29, 0.717) is 42.5 Å². The SMILES string of the molecule is CCOc1cccc(C2/C(=C(\O)c3cc(OC)ccc3OC)C(=O)C(=O)N2CCN(C)C)c1. The molecule has 0 aromatic heterocycles. The third-order valence-corrected chi connectivity index (χ3v) is 5.47. The molecule has 1 saturated heterocycles. The minimum absolute atomic E-state index is 0.000965. The van der Waals surface area contributed by atoms with Crippen molar-refractivity contribution in [1.29, 1.82) is 0 Å². The average molecular weight is 455 g/mol. The molecule has 0 spiro atoms. The first-order chi connectivity index (χ1) is 15.8. The summed E-state index contributed by atoms with van der Waals surface area (Å²) in [6, 6.07) is 11.4. The van der Waals surface area contributed by atoms with Gasteiger partial charge in [-0.2, -0.15) is 0 Å². The molecule has 0 saturated carbocycles. The molecule has 1 amide bonds.